The third kappa shape index (κ3) is 4.16. The number of aryl methyl sites for hydroxylation is 1. The van der Waals surface area contributed by atoms with Crippen LogP contribution in [0.15, 0.2) is 46.1 Å². The van der Waals surface area contributed by atoms with E-state index < -0.39 is 11.5 Å². The van der Waals surface area contributed by atoms with Crippen molar-refractivity contribution in [3.63, 3.8) is 0 Å². The highest BCUT2D eigenvalue weighted by Crippen LogP contribution is 2.12. The third-order valence-corrected chi connectivity index (χ3v) is 4.26. The van der Waals surface area contributed by atoms with E-state index in [1.54, 1.807) is 50.8 Å². The molecule has 8 nitrogen and oxygen atoms in total. The number of rotatable bonds is 6. The van der Waals surface area contributed by atoms with Crippen molar-refractivity contribution in [2.75, 3.05) is 7.05 Å². The number of hydrogen-bond acceptors (Lipinski definition) is 6. The van der Waals surface area contributed by atoms with Crippen LogP contribution in [0.1, 0.15) is 41.5 Å². The van der Waals surface area contributed by atoms with Crippen LogP contribution in [-0.2, 0) is 13.0 Å². The zero-order valence-corrected chi connectivity index (χ0v) is 16.4. The highest BCUT2D eigenvalue weighted by Gasteiger charge is 2.22. The van der Waals surface area contributed by atoms with Gasteiger partial charge < -0.3 is 9.42 Å². The Morgan fingerprint density at radius 3 is 2.79 bits per heavy atom. The summed E-state index contributed by atoms with van der Waals surface area (Å²) in [5.74, 6) is 0.959. The first-order valence-corrected chi connectivity index (χ1v) is 9.06. The van der Waals surface area contributed by atoms with Gasteiger partial charge in [0.2, 0.25) is 5.89 Å². The molecule has 28 heavy (non-hydrogen) atoms. The van der Waals surface area contributed by atoms with Crippen molar-refractivity contribution in [2.45, 2.75) is 33.7 Å². The van der Waals surface area contributed by atoms with Crippen molar-refractivity contribution < 1.29 is 9.32 Å². The molecule has 0 radical (unpaired) electrons. The van der Waals surface area contributed by atoms with Crippen molar-refractivity contribution in [3.05, 3.63) is 70.0 Å². The Bertz CT molecular complexity index is 1020. The van der Waals surface area contributed by atoms with E-state index in [9.17, 15) is 9.59 Å². The van der Waals surface area contributed by atoms with E-state index in [0.29, 0.717) is 35.3 Å². The Hall–Kier alpha value is -3.29. The SMILES string of the molecule is Cc1ccn(-c2cccnc2)c(=O)c1C(=O)N(C)Cc1nc(CC(C)C)no1. The smallest absolute Gasteiger partial charge is 0.268 e. The molecular formula is C20H23N5O3. The lowest BCUT2D eigenvalue weighted by molar-refractivity contribution is 0.0766. The van der Waals surface area contributed by atoms with Gasteiger partial charge in [-0.05, 0) is 36.6 Å². The molecular weight excluding hydrogens is 358 g/mol. The number of pyridine rings is 2. The van der Waals surface area contributed by atoms with Crippen LogP contribution < -0.4 is 5.56 Å². The molecule has 3 heterocycles. The molecule has 3 rings (SSSR count). The minimum absolute atomic E-state index is 0.107. The van der Waals surface area contributed by atoms with Gasteiger partial charge in [-0.1, -0.05) is 19.0 Å². The molecule has 0 aliphatic heterocycles. The van der Waals surface area contributed by atoms with Crippen LogP contribution in [0.3, 0.4) is 0 Å². The number of hydrogen-bond donors (Lipinski definition) is 0. The Balaban J connectivity index is 1.85. The molecule has 0 unspecified atom stereocenters. The second-order valence-corrected chi connectivity index (χ2v) is 7.12. The van der Waals surface area contributed by atoms with Crippen LogP contribution in [0.5, 0.6) is 0 Å². The molecule has 8 heteroatoms. The van der Waals surface area contributed by atoms with Gasteiger partial charge in [-0.3, -0.25) is 19.1 Å². The maximum absolute atomic E-state index is 13.0. The van der Waals surface area contributed by atoms with E-state index in [-0.39, 0.29) is 12.1 Å². The maximum atomic E-state index is 13.0. The summed E-state index contributed by atoms with van der Waals surface area (Å²) in [5.41, 5.74) is 0.916. The van der Waals surface area contributed by atoms with E-state index in [0.717, 1.165) is 0 Å². The zero-order valence-electron chi connectivity index (χ0n) is 16.4. The second kappa shape index (κ2) is 8.16. The van der Waals surface area contributed by atoms with Crippen molar-refractivity contribution in [1.29, 1.82) is 0 Å². The molecule has 0 aromatic carbocycles. The predicted molar refractivity (Wildman–Crippen MR) is 103 cm³/mol. The summed E-state index contributed by atoms with van der Waals surface area (Å²) < 4.78 is 6.64. The zero-order chi connectivity index (χ0) is 20.3. The fourth-order valence-corrected chi connectivity index (χ4v) is 2.85. The standard InChI is InChI=1S/C20H23N5O3/c1-13(2)10-16-22-17(28-23-16)12-24(4)19(26)18-14(3)7-9-25(20(18)27)15-6-5-8-21-11-15/h5-9,11,13H,10,12H2,1-4H3. The Morgan fingerprint density at radius 2 is 2.11 bits per heavy atom. The van der Waals surface area contributed by atoms with Gasteiger partial charge >= 0.3 is 0 Å². The summed E-state index contributed by atoms with van der Waals surface area (Å²) in [6, 6.07) is 5.23. The van der Waals surface area contributed by atoms with E-state index in [4.69, 9.17) is 4.52 Å². The van der Waals surface area contributed by atoms with Crippen LogP contribution in [-0.4, -0.2) is 37.5 Å². The molecule has 3 aromatic heterocycles. The lowest BCUT2D eigenvalue weighted by Gasteiger charge is -2.17. The molecule has 0 N–H and O–H groups in total. The molecule has 0 fully saturated rings. The molecule has 0 saturated heterocycles. The summed E-state index contributed by atoms with van der Waals surface area (Å²) in [6.07, 6.45) is 5.54. The molecule has 0 aliphatic carbocycles. The van der Waals surface area contributed by atoms with E-state index >= 15 is 0 Å². The molecule has 146 valence electrons. The van der Waals surface area contributed by atoms with Crippen molar-refractivity contribution in [3.8, 4) is 5.69 Å². The van der Waals surface area contributed by atoms with Gasteiger partial charge in [0.05, 0.1) is 18.4 Å². The Morgan fingerprint density at radius 1 is 1.32 bits per heavy atom. The van der Waals surface area contributed by atoms with Crippen LogP contribution in [0.4, 0.5) is 0 Å². The van der Waals surface area contributed by atoms with Crippen LogP contribution in [0, 0.1) is 12.8 Å². The van der Waals surface area contributed by atoms with Gasteiger partial charge in [-0.25, -0.2) is 0 Å². The Kier molecular flexibility index (Phi) is 5.67. The van der Waals surface area contributed by atoms with Crippen LogP contribution in [0.25, 0.3) is 5.69 Å². The summed E-state index contributed by atoms with van der Waals surface area (Å²) in [4.78, 5) is 35.7. The first-order valence-electron chi connectivity index (χ1n) is 9.06. The average Bonchev–Trinajstić information content (AvgIpc) is 3.08. The fourth-order valence-electron chi connectivity index (χ4n) is 2.85. The van der Waals surface area contributed by atoms with Gasteiger partial charge in [0, 0.05) is 25.9 Å². The summed E-state index contributed by atoms with van der Waals surface area (Å²) in [7, 11) is 1.61. The highest BCUT2D eigenvalue weighted by molar-refractivity contribution is 5.95. The molecule has 3 aromatic rings. The number of nitrogens with zero attached hydrogens (tertiary/aromatic N) is 5. The van der Waals surface area contributed by atoms with Crippen molar-refractivity contribution in [1.82, 2.24) is 24.6 Å². The maximum Gasteiger partial charge on any atom is 0.268 e. The second-order valence-electron chi connectivity index (χ2n) is 7.12. The fraction of sp³-hybridized carbons (Fsp3) is 0.350. The third-order valence-electron chi connectivity index (χ3n) is 4.26. The quantitative estimate of drug-likeness (QED) is 0.651. The topological polar surface area (TPSA) is 94.1 Å². The monoisotopic (exact) mass is 381 g/mol. The molecule has 0 saturated carbocycles. The van der Waals surface area contributed by atoms with E-state index in [1.165, 1.54) is 9.47 Å². The minimum atomic E-state index is -0.399. The summed E-state index contributed by atoms with van der Waals surface area (Å²) in [6.45, 7) is 6.00. The number of carbonyl (C=O) groups is 1. The average molecular weight is 381 g/mol. The summed E-state index contributed by atoms with van der Waals surface area (Å²) >= 11 is 0. The van der Waals surface area contributed by atoms with Gasteiger partial charge in [0.25, 0.3) is 11.5 Å². The minimum Gasteiger partial charge on any atom is -0.337 e. The number of amides is 1. The van der Waals surface area contributed by atoms with Gasteiger partial charge in [0.15, 0.2) is 5.82 Å². The van der Waals surface area contributed by atoms with E-state index in [1.807, 2.05) is 0 Å². The highest BCUT2D eigenvalue weighted by atomic mass is 16.5. The van der Waals surface area contributed by atoms with Crippen LogP contribution >= 0.6 is 0 Å². The molecule has 0 atom stereocenters. The molecule has 1 amide bonds. The normalized spacial score (nSPS) is 11.0. The number of carbonyl (C=O) groups excluding carboxylic acids is 1. The lowest BCUT2D eigenvalue weighted by atomic mass is 10.1. The first kappa shape index (κ1) is 19.5. The molecule has 0 bridgehead atoms. The van der Waals surface area contributed by atoms with Gasteiger partial charge in [0.1, 0.15) is 5.56 Å². The summed E-state index contributed by atoms with van der Waals surface area (Å²) in [5, 5.41) is 3.93. The van der Waals surface area contributed by atoms with E-state index in [2.05, 4.69) is 29.0 Å². The predicted octanol–water partition coefficient (Wildman–Crippen LogP) is 2.39. The molecule has 0 aliphatic rings. The first-order chi connectivity index (χ1) is 13.4. The van der Waals surface area contributed by atoms with Crippen molar-refractivity contribution >= 4 is 5.91 Å². The number of aromatic nitrogens is 4. The van der Waals surface area contributed by atoms with Crippen molar-refractivity contribution in [2.24, 2.45) is 5.92 Å². The largest absolute Gasteiger partial charge is 0.337 e. The molecule has 0 spiro atoms. The van der Waals surface area contributed by atoms with Gasteiger partial charge in [-0.15, -0.1) is 0 Å². The van der Waals surface area contributed by atoms with Gasteiger partial charge in [-0.2, -0.15) is 4.98 Å². The lowest BCUT2D eigenvalue weighted by Crippen LogP contribution is -2.34. The Labute approximate surface area is 162 Å². The van der Waals surface area contributed by atoms with Crippen LogP contribution in [0.2, 0.25) is 0 Å².